The van der Waals surface area contributed by atoms with E-state index in [1.165, 1.54) is 17.6 Å². The number of carbonyl (C=O) groups excluding carboxylic acids is 2. The molecule has 3 rings (SSSR count). The summed E-state index contributed by atoms with van der Waals surface area (Å²) in [6.45, 7) is 1.55. The van der Waals surface area contributed by atoms with Crippen LogP contribution in [0.3, 0.4) is 0 Å². The molecule has 110 valence electrons. The fourth-order valence-corrected chi connectivity index (χ4v) is 2.78. The lowest BCUT2D eigenvalue weighted by atomic mass is 9.88. The Labute approximate surface area is 121 Å². The number of hydrogen-bond acceptors (Lipinski definition) is 5. The lowest BCUT2D eigenvalue weighted by Crippen LogP contribution is -2.43. The van der Waals surface area contributed by atoms with Crippen molar-refractivity contribution in [3.8, 4) is 5.75 Å². The van der Waals surface area contributed by atoms with Gasteiger partial charge in [-0.2, -0.15) is 0 Å². The van der Waals surface area contributed by atoms with Crippen LogP contribution in [0.4, 0.5) is 0 Å². The second kappa shape index (κ2) is 5.31. The largest absolute Gasteiger partial charge is 0.485 e. The van der Waals surface area contributed by atoms with E-state index < -0.39 is 11.5 Å². The molecular formula is C15H16N2O4. The molecule has 1 aromatic carbocycles. The van der Waals surface area contributed by atoms with Crippen LogP contribution in [0, 0.1) is 0 Å². The monoisotopic (exact) mass is 288 g/mol. The van der Waals surface area contributed by atoms with Crippen molar-refractivity contribution < 1.29 is 19.5 Å². The van der Waals surface area contributed by atoms with Crippen molar-refractivity contribution >= 4 is 17.8 Å². The fraction of sp³-hybridized carbons (Fsp3) is 0.333. The number of ether oxygens (including phenoxy) is 1. The number of Topliss-reactive ketones (excluding diaryl/α,β-unsaturated/α-hetero) is 1. The first-order valence-electron chi connectivity index (χ1n) is 6.81. The zero-order valence-corrected chi connectivity index (χ0v) is 11.4. The molecule has 21 heavy (non-hydrogen) atoms. The first-order valence-corrected chi connectivity index (χ1v) is 6.81. The van der Waals surface area contributed by atoms with E-state index in [1.54, 1.807) is 18.2 Å². The molecule has 1 saturated heterocycles. The number of ketones is 1. The van der Waals surface area contributed by atoms with Gasteiger partial charge >= 0.3 is 0 Å². The van der Waals surface area contributed by atoms with Crippen molar-refractivity contribution in [3.05, 3.63) is 35.4 Å². The molecule has 6 heteroatoms. The Kier molecular flexibility index (Phi) is 3.48. The Hall–Kier alpha value is -2.18. The van der Waals surface area contributed by atoms with Crippen LogP contribution >= 0.6 is 0 Å². The number of benzene rings is 1. The average Bonchev–Trinajstić information content (AvgIpc) is 2.92. The third-order valence-corrected chi connectivity index (χ3v) is 3.86. The van der Waals surface area contributed by atoms with E-state index in [-0.39, 0.29) is 5.78 Å². The summed E-state index contributed by atoms with van der Waals surface area (Å²) >= 11 is 0. The molecule has 3 N–H and O–H groups in total. The number of amides is 1. The zero-order chi connectivity index (χ0) is 14.9. The van der Waals surface area contributed by atoms with Crippen molar-refractivity contribution in [2.24, 2.45) is 0 Å². The first-order chi connectivity index (χ1) is 10.1. The molecular weight excluding hydrogens is 272 g/mol. The van der Waals surface area contributed by atoms with E-state index in [9.17, 15) is 9.59 Å². The SMILES string of the molecule is O=C(/C=C/c1ccc2c(c1)C(=O)CC1(CCNC1)O2)NO. The highest BCUT2D eigenvalue weighted by molar-refractivity contribution is 6.01. The highest BCUT2D eigenvalue weighted by atomic mass is 16.5. The molecule has 1 atom stereocenters. The molecule has 6 nitrogen and oxygen atoms in total. The van der Waals surface area contributed by atoms with Gasteiger partial charge in [0, 0.05) is 19.0 Å². The van der Waals surface area contributed by atoms with Crippen molar-refractivity contribution in [1.29, 1.82) is 0 Å². The number of carbonyl (C=O) groups is 2. The third kappa shape index (κ3) is 2.68. The molecule has 1 unspecified atom stereocenters. The molecule has 0 saturated carbocycles. The van der Waals surface area contributed by atoms with Gasteiger partial charge in [0.15, 0.2) is 5.78 Å². The molecule has 2 heterocycles. The maximum absolute atomic E-state index is 12.3. The van der Waals surface area contributed by atoms with E-state index in [0.29, 0.717) is 29.8 Å². The van der Waals surface area contributed by atoms with Crippen LogP contribution < -0.4 is 15.5 Å². The van der Waals surface area contributed by atoms with E-state index in [4.69, 9.17) is 9.94 Å². The molecule has 1 fully saturated rings. The third-order valence-electron chi connectivity index (χ3n) is 3.86. The number of rotatable bonds is 2. The van der Waals surface area contributed by atoms with Crippen LogP contribution in [0.5, 0.6) is 5.75 Å². The second-order valence-corrected chi connectivity index (χ2v) is 5.38. The summed E-state index contributed by atoms with van der Waals surface area (Å²) in [5.41, 5.74) is 2.35. The van der Waals surface area contributed by atoms with Gasteiger partial charge in [-0.05, 0) is 30.3 Å². The van der Waals surface area contributed by atoms with E-state index in [2.05, 4.69) is 5.32 Å². The van der Waals surface area contributed by atoms with Gasteiger partial charge in [-0.3, -0.25) is 14.8 Å². The molecule has 1 spiro atoms. The lowest BCUT2D eigenvalue weighted by Gasteiger charge is -2.34. The average molecular weight is 288 g/mol. The quantitative estimate of drug-likeness (QED) is 0.427. The molecule has 1 amide bonds. The normalized spacial score (nSPS) is 24.1. The van der Waals surface area contributed by atoms with Gasteiger partial charge in [-0.1, -0.05) is 6.07 Å². The summed E-state index contributed by atoms with van der Waals surface area (Å²) < 4.78 is 6.03. The molecule has 1 aromatic rings. The summed E-state index contributed by atoms with van der Waals surface area (Å²) in [6, 6.07) is 5.23. The van der Waals surface area contributed by atoms with Crippen molar-refractivity contribution in [2.45, 2.75) is 18.4 Å². The minimum Gasteiger partial charge on any atom is -0.485 e. The van der Waals surface area contributed by atoms with Gasteiger partial charge in [0.05, 0.1) is 12.0 Å². The van der Waals surface area contributed by atoms with Gasteiger partial charge in [0.1, 0.15) is 11.4 Å². The van der Waals surface area contributed by atoms with Crippen LogP contribution in [0.25, 0.3) is 6.08 Å². The van der Waals surface area contributed by atoms with Crippen molar-refractivity contribution in [2.75, 3.05) is 13.1 Å². The number of nitrogens with one attached hydrogen (secondary N) is 2. The van der Waals surface area contributed by atoms with Crippen LogP contribution in [0.15, 0.2) is 24.3 Å². The summed E-state index contributed by atoms with van der Waals surface area (Å²) in [4.78, 5) is 23.3. The van der Waals surface area contributed by atoms with Crippen molar-refractivity contribution in [1.82, 2.24) is 10.8 Å². The van der Waals surface area contributed by atoms with Gasteiger partial charge in [0.2, 0.25) is 0 Å². The molecule has 2 aliphatic rings. The van der Waals surface area contributed by atoms with E-state index in [0.717, 1.165) is 13.0 Å². The Morgan fingerprint density at radius 2 is 2.33 bits per heavy atom. The molecule has 2 aliphatic heterocycles. The Morgan fingerprint density at radius 3 is 3.05 bits per heavy atom. The molecule has 0 radical (unpaired) electrons. The fourth-order valence-electron chi connectivity index (χ4n) is 2.78. The second-order valence-electron chi connectivity index (χ2n) is 5.38. The minimum absolute atomic E-state index is 0.0572. The predicted octanol–water partition coefficient (Wildman–Crippen LogP) is 0.902. The van der Waals surface area contributed by atoms with Gasteiger partial charge in [-0.15, -0.1) is 0 Å². The van der Waals surface area contributed by atoms with Gasteiger partial charge in [0.25, 0.3) is 5.91 Å². The summed E-state index contributed by atoms with van der Waals surface area (Å²) in [5, 5.41) is 11.7. The first kappa shape index (κ1) is 13.8. The highest BCUT2D eigenvalue weighted by Gasteiger charge is 2.42. The zero-order valence-electron chi connectivity index (χ0n) is 11.4. The number of fused-ring (bicyclic) bond motifs is 1. The van der Waals surface area contributed by atoms with Crippen LogP contribution in [0.1, 0.15) is 28.8 Å². The highest BCUT2D eigenvalue weighted by Crippen LogP contribution is 2.37. The van der Waals surface area contributed by atoms with Crippen LogP contribution in [-0.2, 0) is 4.79 Å². The predicted molar refractivity (Wildman–Crippen MR) is 75.2 cm³/mol. The van der Waals surface area contributed by atoms with E-state index >= 15 is 0 Å². The van der Waals surface area contributed by atoms with E-state index in [1.807, 2.05) is 0 Å². The number of hydroxylamine groups is 1. The maximum Gasteiger partial charge on any atom is 0.267 e. The van der Waals surface area contributed by atoms with Gasteiger partial charge in [-0.25, -0.2) is 5.48 Å². The Balaban J connectivity index is 1.87. The summed E-state index contributed by atoms with van der Waals surface area (Å²) in [5.74, 6) is 0.0341. The maximum atomic E-state index is 12.3. The Bertz CT molecular complexity index is 618. The number of hydrogen-bond donors (Lipinski definition) is 3. The lowest BCUT2D eigenvalue weighted by molar-refractivity contribution is -0.124. The molecule has 0 aliphatic carbocycles. The molecule has 0 aromatic heterocycles. The topological polar surface area (TPSA) is 87.7 Å². The Morgan fingerprint density at radius 1 is 1.48 bits per heavy atom. The summed E-state index contributed by atoms with van der Waals surface area (Å²) in [7, 11) is 0. The standard InChI is InChI=1S/C15H16N2O4/c18-12-8-15(5-6-16-9-15)21-13-3-1-10(7-11(12)13)2-4-14(19)17-20/h1-4,7,16,20H,5-6,8-9H2,(H,17,19)/b4-2+. The smallest absolute Gasteiger partial charge is 0.267 e. The summed E-state index contributed by atoms with van der Waals surface area (Å²) in [6.07, 6.45) is 3.92. The van der Waals surface area contributed by atoms with Crippen LogP contribution in [0.2, 0.25) is 0 Å². The minimum atomic E-state index is -0.619. The molecule has 0 bridgehead atoms. The van der Waals surface area contributed by atoms with Gasteiger partial charge < -0.3 is 10.1 Å². The van der Waals surface area contributed by atoms with Crippen molar-refractivity contribution in [3.63, 3.8) is 0 Å². The van der Waals surface area contributed by atoms with Crippen LogP contribution in [-0.4, -0.2) is 35.6 Å².